The number of phenolic OH excluding ortho intramolecular Hbond substituents is 1. The number of aromatic hydroxyl groups is 1. The largest absolute Gasteiger partial charge is 0.507 e. The number of carbonyl (C=O) groups excluding carboxylic acids is 1. The molecule has 0 atom stereocenters. The summed E-state index contributed by atoms with van der Waals surface area (Å²) in [6.45, 7) is 1.72. The van der Waals surface area contributed by atoms with E-state index in [1.165, 1.54) is 6.21 Å². The second-order valence-electron chi connectivity index (χ2n) is 4.79. The van der Waals surface area contributed by atoms with Gasteiger partial charge in [-0.3, -0.25) is 4.79 Å². The lowest BCUT2D eigenvalue weighted by molar-refractivity contribution is -0.137. The number of rotatable bonds is 3. The molecule has 2 rings (SSSR count). The van der Waals surface area contributed by atoms with Gasteiger partial charge in [0.2, 0.25) is 0 Å². The second-order valence-corrected chi connectivity index (χ2v) is 4.79. The minimum absolute atomic E-state index is 0.0417. The summed E-state index contributed by atoms with van der Waals surface area (Å²) in [5.74, 6) is -0.609. The van der Waals surface area contributed by atoms with Crippen LogP contribution in [0.4, 0.5) is 13.2 Å². The van der Waals surface area contributed by atoms with E-state index in [-0.39, 0.29) is 11.3 Å². The predicted octanol–water partition coefficient (Wildman–Crippen LogP) is 3.48. The average Bonchev–Trinajstić information content (AvgIpc) is 2.50. The fraction of sp³-hybridized carbons (Fsp3) is 0.125. The van der Waals surface area contributed by atoms with Crippen molar-refractivity contribution in [3.63, 3.8) is 0 Å². The third-order valence-electron chi connectivity index (χ3n) is 3.11. The molecule has 23 heavy (non-hydrogen) atoms. The van der Waals surface area contributed by atoms with Crippen LogP contribution >= 0.6 is 0 Å². The minimum Gasteiger partial charge on any atom is -0.507 e. The van der Waals surface area contributed by atoms with Crippen LogP contribution in [-0.4, -0.2) is 17.2 Å². The molecule has 0 aliphatic rings. The van der Waals surface area contributed by atoms with Gasteiger partial charge in [0.15, 0.2) is 0 Å². The van der Waals surface area contributed by atoms with Gasteiger partial charge in [0.1, 0.15) is 5.75 Å². The Morgan fingerprint density at radius 2 is 1.83 bits per heavy atom. The highest BCUT2D eigenvalue weighted by atomic mass is 19.4. The first-order valence-corrected chi connectivity index (χ1v) is 6.58. The summed E-state index contributed by atoms with van der Waals surface area (Å²) < 4.78 is 37.3. The molecule has 2 aromatic carbocycles. The Hall–Kier alpha value is -2.83. The van der Waals surface area contributed by atoms with E-state index >= 15 is 0 Å². The zero-order valence-corrected chi connectivity index (χ0v) is 12.1. The van der Waals surface area contributed by atoms with Crippen molar-refractivity contribution in [1.29, 1.82) is 0 Å². The van der Waals surface area contributed by atoms with Crippen molar-refractivity contribution in [3.8, 4) is 5.75 Å². The molecule has 1 amide bonds. The first-order valence-electron chi connectivity index (χ1n) is 6.58. The van der Waals surface area contributed by atoms with E-state index in [4.69, 9.17) is 0 Å². The van der Waals surface area contributed by atoms with Crippen LogP contribution < -0.4 is 5.43 Å². The standard InChI is InChI=1S/C16H13F3N2O2/c1-10-3-2-4-12(14(10)22)9-20-21-15(23)11-5-7-13(8-6-11)16(17,18)19/h2-9,22H,1H3,(H,21,23). The number of benzene rings is 2. The zero-order valence-electron chi connectivity index (χ0n) is 12.1. The van der Waals surface area contributed by atoms with Crippen LogP contribution in [0.2, 0.25) is 0 Å². The van der Waals surface area contributed by atoms with Gasteiger partial charge in [-0.25, -0.2) is 5.43 Å². The van der Waals surface area contributed by atoms with E-state index in [1.54, 1.807) is 25.1 Å². The third kappa shape index (κ3) is 4.09. The number of phenols is 1. The Morgan fingerprint density at radius 3 is 2.43 bits per heavy atom. The van der Waals surface area contributed by atoms with Gasteiger partial charge in [-0.05, 0) is 42.8 Å². The summed E-state index contributed by atoms with van der Waals surface area (Å²) in [6.07, 6.45) is -3.19. The van der Waals surface area contributed by atoms with Gasteiger partial charge in [-0.15, -0.1) is 0 Å². The van der Waals surface area contributed by atoms with E-state index < -0.39 is 17.6 Å². The van der Waals surface area contributed by atoms with Crippen molar-refractivity contribution in [2.45, 2.75) is 13.1 Å². The quantitative estimate of drug-likeness (QED) is 0.671. The van der Waals surface area contributed by atoms with Crippen molar-refractivity contribution in [3.05, 3.63) is 64.7 Å². The lowest BCUT2D eigenvalue weighted by Gasteiger charge is -2.07. The molecule has 0 aliphatic carbocycles. The van der Waals surface area contributed by atoms with E-state index in [9.17, 15) is 23.1 Å². The maximum Gasteiger partial charge on any atom is 0.416 e. The molecule has 0 heterocycles. The van der Waals surface area contributed by atoms with E-state index in [2.05, 4.69) is 10.5 Å². The number of aryl methyl sites for hydroxylation is 1. The fourth-order valence-electron chi connectivity index (χ4n) is 1.82. The molecular weight excluding hydrogens is 309 g/mol. The molecule has 0 unspecified atom stereocenters. The molecule has 2 N–H and O–H groups in total. The molecule has 2 aromatic rings. The summed E-state index contributed by atoms with van der Waals surface area (Å²) >= 11 is 0. The Bertz CT molecular complexity index is 738. The zero-order chi connectivity index (χ0) is 17.0. The van der Waals surface area contributed by atoms with Gasteiger partial charge < -0.3 is 5.11 Å². The van der Waals surface area contributed by atoms with Crippen LogP contribution in [0.1, 0.15) is 27.0 Å². The fourth-order valence-corrected chi connectivity index (χ4v) is 1.82. The van der Waals surface area contributed by atoms with Gasteiger partial charge >= 0.3 is 6.18 Å². The van der Waals surface area contributed by atoms with E-state index in [0.29, 0.717) is 11.1 Å². The number of hydrogen-bond acceptors (Lipinski definition) is 3. The van der Waals surface area contributed by atoms with Crippen molar-refractivity contribution in [1.82, 2.24) is 5.43 Å². The van der Waals surface area contributed by atoms with Crippen molar-refractivity contribution in [2.75, 3.05) is 0 Å². The summed E-state index contributed by atoms with van der Waals surface area (Å²) in [5, 5.41) is 13.5. The Kier molecular flexibility index (Phi) is 4.68. The number of hydrogen-bond donors (Lipinski definition) is 2. The maximum atomic E-state index is 12.4. The molecule has 0 saturated carbocycles. The number of para-hydroxylation sites is 1. The molecule has 0 fully saturated rings. The van der Waals surface area contributed by atoms with Crippen LogP contribution in [-0.2, 0) is 6.18 Å². The smallest absolute Gasteiger partial charge is 0.416 e. The predicted molar refractivity (Wildman–Crippen MR) is 79.3 cm³/mol. The van der Waals surface area contributed by atoms with Crippen LogP contribution in [0.15, 0.2) is 47.6 Å². The average molecular weight is 322 g/mol. The summed E-state index contributed by atoms with van der Waals surface area (Å²) in [4.78, 5) is 11.8. The number of amides is 1. The monoisotopic (exact) mass is 322 g/mol. The van der Waals surface area contributed by atoms with Crippen molar-refractivity contribution in [2.24, 2.45) is 5.10 Å². The number of halogens is 3. The second kappa shape index (κ2) is 6.51. The highest BCUT2D eigenvalue weighted by Crippen LogP contribution is 2.29. The molecule has 0 saturated heterocycles. The molecule has 4 nitrogen and oxygen atoms in total. The van der Waals surface area contributed by atoms with Gasteiger partial charge in [0.25, 0.3) is 5.91 Å². The lowest BCUT2D eigenvalue weighted by Crippen LogP contribution is -2.18. The number of alkyl halides is 3. The van der Waals surface area contributed by atoms with Gasteiger partial charge in [0.05, 0.1) is 11.8 Å². The molecule has 7 heteroatoms. The number of carbonyl (C=O) groups is 1. The van der Waals surface area contributed by atoms with Crippen LogP contribution in [0.25, 0.3) is 0 Å². The highest BCUT2D eigenvalue weighted by molar-refractivity contribution is 5.95. The van der Waals surface area contributed by atoms with Crippen molar-refractivity contribution >= 4 is 12.1 Å². The normalized spacial score (nSPS) is 11.7. The van der Waals surface area contributed by atoms with E-state index in [0.717, 1.165) is 24.3 Å². The Labute approximate surface area is 130 Å². The molecule has 120 valence electrons. The molecule has 0 aliphatic heterocycles. The minimum atomic E-state index is -4.45. The van der Waals surface area contributed by atoms with Gasteiger partial charge in [-0.1, -0.05) is 12.1 Å². The lowest BCUT2D eigenvalue weighted by atomic mass is 10.1. The molecule has 0 bridgehead atoms. The number of nitrogens with zero attached hydrogens (tertiary/aromatic N) is 1. The molecule has 0 radical (unpaired) electrons. The number of hydrazone groups is 1. The third-order valence-corrected chi connectivity index (χ3v) is 3.11. The topological polar surface area (TPSA) is 61.7 Å². The van der Waals surface area contributed by atoms with Crippen molar-refractivity contribution < 1.29 is 23.1 Å². The summed E-state index contributed by atoms with van der Waals surface area (Å²) in [7, 11) is 0. The Morgan fingerprint density at radius 1 is 1.17 bits per heavy atom. The number of nitrogens with one attached hydrogen (secondary N) is 1. The van der Waals surface area contributed by atoms with Crippen LogP contribution in [0.5, 0.6) is 5.75 Å². The Balaban J connectivity index is 2.05. The van der Waals surface area contributed by atoms with Gasteiger partial charge in [-0.2, -0.15) is 18.3 Å². The SMILES string of the molecule is Cc1cccc(C=NNC(=O)c2ccc(C(F)(F)F)cc2)c1O. The highest BCUT2D eigenvalue weighted by Gasteiger charge is 2.30. The van der Waals surface area contributed by atoms with Crippen LogP contribution in [0.3, 0.4) is 0 Å². The van der Waals surface area contributed by atoms with Gasteiger partial charge in [0, 0.05) is 11.1 Å². The van der Waals surface area contributed by atoms with Crippen LogP contribution in [0, 0.1) is 6.92 Å². The molecular formula is C16H13F3N2O2. The van der Waals surface area contributed by atoms with E-state index in [1.807, 2.05) is 0 Å². The maximum absolute atomic E-state index is 12.4. The summed E-state index contributed by atoms with van der Waals surface area (Å²) in [5.41, 5.74) is 2.47. The first kappa shape index (κ1) is 16.5. The molecule has 0 aromatic heterocycles. The first-order chi connectivity index (χ1) is 10.8. The summed E-state index contributed by atoms with van der Waals surface area (Å²) in [6, 6.07) is 8.82. The molecule has 0 spiro atoms.